The van der Waals surface area contributed by atoms with Crippen LogP contribution in [0.2, 0.25) is 0 Å². The SMILES string of the molecule is COC1OC(COC(C)=O)C(OC(C)=O)C(O)C1O. The van der Waals surface area contributed by atoms with Crippen LogP contribution in [-0.4, -0.2) is 66.6 Å². The van der Waals surface area contributed by atoms with Crippen molar-refractivity contribution >= 4 is 11.9 Å². The molecule has 5 atom stereocenters. The molecule has 1 aliphatic heterocycles. The molecule has 19 heavy (non-hydrogen) atoms. The van der Waals surface area contributed by atoms with Crippen molar-refractivity contribution in [3.8, 4) is 0 Å². The predicted octanol–water partition coefficient (Wildman–Crippen LogP) is -1.43. The van der Waals surface area contributed by atoms with E-state index in [0.29, 0.717) is 0 Å². The Morgan fingerprint density at radius 3 is 2.26 bits per heavy atom. The second kappa shape index (κ2) is 6.80. The van der Waals surface area contributed by atoms with E-state index in [1.807, 2.05) is 0 Å². The van der Waals surface area contributed by atoms with Crippen LogP contribution in [0.15, 0.2) is 0 Å². The standard InChI is InChI=1S/C11H18O8/c1-5(12)17-4-7-10(18-6(2)13)8(14)9(15)11(16-3)19-7/h7-11,14-15H,4H2,1-3H3. The van der Waals surface area contributed by atoms with E-state index in [9.17, 15) is 19.8 Å². The molecule has 0 spiro atoms. The summed E-state index contributed by atoms with van der Waals surface area (Å²) in [6, 6.07) is 0. The van der Waals surface area contributed by atoms with Gasteiger partial charge in [0, 0.05) is 21.0 Å². The van der Waals surface area contributed by atoms with Crippen molar-refractivity contribution in [2.24, 2.45) is 0 Å². The first-order chi connectivity index (χ1) is 8.86. The monoisotopic (exact) mass is 278 g/mol. The first kappa shape index (κ1) is 15.8. The van der Waals surface area contributed by atoms with Crippen molar-refractivity contribution < 1.29 is 38.7 Å². The first-order valence-corrected chi connectivity index (χ1v) is 5.71. The van der Waals surface area contributed by atoms with Crippen LogP contribution in [0.25, 0.3) is 0 Å². The number of aliphatic hydroxyl groups is 2. The third kappa shape index (κ3) is 4.13. The number of carbonyl (C=O) groups is 2. The van der Waals surface area contributed by atoms with E-state index in [0.717, 1.165) is 6.92 Å². The van der Waals surface area contributed by atoms with Gasteiger partial charge in [0.25, 0.3) is 0 Å². The highest BCUT2D eigenvalue weighted by atomic mass is 16.7. The molecule has 8 heteroatoms. The number of hydrogen-bond acceptors (Lipinski definition) is 8. The lowest BCUT2D eigenvalue weighted by molar-refractivity contribution is -0.297. The van der Waals surface area contributed by atoms with Crippen LogP contribution in [0.5, 0.6) is 0 Å². The molecule has 0 aromatic carbocycles. The van der Waals surface area contributed by atoms with Gasteiger partial charge in [-0.3, -0.25) is 9.59 Å². The summed E-state index contributed by atoms with van der Waals surface area (Å²) in [5.41, 5.74) is 0. The summed E-state index contributed by atoms with van der Waals surface area (Å²) < 4.78 is 19.8. The van der Waals surface area contributed by atoms with Crippen molar-refractivity contribution in [3.63, 3.8) is 0 Å². The molecule has 1 fully saturated rings. The summed E-state index contributed by atoms with van der Waals surface area (Å²) in [4.78, 5) is 21.8. The van der Waals surface area contributed by atoms with Crippen molar-refractivity contribution in [3.05, 3.63) is 0 Å². The van der Waals surface area contributed by atoms with E-state index >= 15 is 0 Å². The molecule has 1 rings (SSSR count). The Labute approximate surface area is 110 Å². The van der Waals surface area contributed by atoms with Crippen LogP contribution in [0, 0.1) is 0 Å². The largest absolute Gasteiger partial charge is 0.463 e. The van der Waals surface area contributed by atoms with Crippen LogP contribution in [0.4, 0.5) is 0 Å². The van der Waals surface area contributed by atoms with Gasteiger partial charge < -0.3 is 29.2 Å². The predicted molar refractivity (Wildman–Crippen MR) is 59.9 cm³/mol. The summed E-state index contributed by atoms with van der Waals surface area (Å²) in [6.07, 6.45) is -5.93. The van der Waals surface area contributed by atoms with Gasteiger partial charge in [-0.2, -0.15) is 0 Å². The summed E-state index contributed by atoms with van der Waals surface area (Å²) in [5, 5.41) is 19.6. The number of rotatable bonds is 4. The summed E-state index contributed by atoms with van der Waals surface area (Å²) in [5.74, 6) is -1.19. The van der Waals surface area contributed by atoms with Crippen LogP contribution in [-0.2, 0) is 28.5 Å². The Morgan fingerprint density at radius 2 is 1.79 bits per heavy atom. The maximum atomic E-state index is 11.0. The smallest absolute Gasteiger partial charge is 0.303 e. The minimum absolute atomic E-state index is 0.225. The fraction of sp³-hybridized carbons (Fsp3) is 0.818. The molecule has 8 nitrogen and oxygen atoms in total. The van der Waals surface area contributed by atoms with Gasteiger partial charge >= 0.3 is 11.9 Å². The van der Waals surface area contributed by atoms with Gasteiger partial charge in [0.1, 0.15) is 24.9 Å². The van der Waals surface area contributed by atoms with Crippen molar-refractivity contribution in [1.29, 1.82) is 0 Å². The molecule has 1 saturated heterocycles. The summed E-state index contributed by atoms with van der Waals surface area (Å²) >= 11 is 0. The molecule has 1 heterocycles. The molecular weight excluding hydrogens is 260 g/mol. The van der Waals surface area contributed by atoms with Gasteiger partial charge in [-0.05, 0) is 0 Å². The van der Waals surface area contributed by atoms with Crippen LogP contribution < -0.4 is 0 Å². The fourth-order valence-corrected chi connectivity index (χ4v) is 1.77. The maximum absolute atomic E-state index is 11.0. The van der Waals surface area contributed by atoms with Gasteiger partial charge in [-0.15, -0.1) is 0 Å². The van der Waals surface area contributed by atoms with Crippen molar-refractivity contribution in [1.82, 2.24) is 0 Å². The zero-order chi connectivity index (χ0) is 14.6. The van der Waals surface area contributed by atoms with Gasteiger partial charge in [0.15, 0.2) is 12.4 Å². The molecule has 1 aliphatic rings. The van der Waals surface area contributed by atoms with E-state index < -0.39 is 42.6 Å². The highest BCUT2D eigenvalue weighted by Crippen LogP contribution is 2.24. The second-order valence-electron chi connectivity index (χ2n) is 4.14. The Balaban J connectivity index is 2.79. The van der Waals surface area contributed by atoms with E-state index in [4.69, 9.17) is 18.9 Å². The number of ether oxygens (including phenoxy) is 4. The van der Waals surface area contributed by atoms with Gasteiger partial charge in [0.2, 0.25) is 0 Å². The molecule has 0 radical (unpaired) electrons. The van der Waals surface area contributed by atoms with Gasteiger partial charge in [-0.25, -0.2) is 0 Å². The van der Waals surface area contributed by atoms with E-state index in [1.165, 1.54) is 14.0 Å². The zero-order valence-corrected chi connectivity index (χ0v) is 10.9. The minimum atomic E-state index is -1.40. The molecule has 0 aliphatic carbocycles. The van der Waals surface area contributed by atoms with Crippen LogP contribution in [0.3, 0.4) is 0 Å². The lowest BCUT2D eigenvalue weighted by Crippen LogP contribution is -2.60. The molecule has 2 N–H and O–H groups in total. The molecule has 0 bridgehead atoms. The first-order valence-electron chi connectivity index (χ1n) is 5.71. The topological polar surface area (TPSA) is 112 Å². The molecule has 110 valence electrons. The molecule has 0 saturated carbocycles. The maximum Gasteiger partial charge on any atom is 0.303 e. The fourth-order valence-electron chi connectivity index (χ4n) is 1.77. The number of hydrogen-bond donors (Lipinski definition) is 2. The lowest BCUT2D eigenvalue weighted by atomic mass is 9.99. The molecule has 0 aromatic heterocycles. The average molecular weight is 278 g/mol. The second-order valence-corrected chi connectivity index (χ2v) is 4.14. The van der Waals surface area contributed by atoms with E-state index in [2.05, 4.69) is 0 Å². The number of aliphatic hydroxyl groups excluding tert-OH is 2. The Kier molecular flexibility index (Phi) is 5.67. The highest BCUT2D eigenvalue weighted by Gasteiger charge is 2.47. The third-order valence-electron chi connectivity index (χ3n) is 2.63. The third-order valence-corrected chi connectivity index (χ3v) is 2.63. The molecule has 5 unspecified atom stereocenters. The van der Waals surface area contributed by atoms with Crippen LogP contribution in [0.1, 0.15) is 13.8 Å². The average Bonchev–Trinajstić information content (AvgIpc) is 2.33. The number of carbonyl (C=O) groups excluding carboxylic acids is 2. The molecule has 0 aromatic rings. The van der Waals surface area contributed by atoms with Gasteiger partial charge in [0.05, 0.1) is 0 Å². The number of esters is 2. The molecular formula is C11H18O8. The van der Waals surface area contributed by atoms with Crippen LogP contribution >= 0.6 is 0 Å². The zero-order valence-electron chi connectivity index (χ0n) is 10.9. The highest BCUT2D eigenvalue weighted by molar-refractivity contribution is 5.66. The quantitative estimate of drug-likeness (QED) is 0.602. The lowest BCUT2D eigenvalue weighted by Gasteiger charge is -2.40. The Morgan fingerprint density at radius 1 is 1.16 bits per heavy atom. The molecule has 0 amide bonds. The number of methoxy groups -OCH3 is 1. The van der Waals surface area contributed by atoms with E-state index in [1.54, 1.807) is 0 Å². The Bertz CT molecular complexity index is 331. The Hall–Kier alpha value is -1.22. The van der Waals surface area contributed by atoms with Gasteiger partial charge in [-0.1, -0.05) is 0 Å². The summed E-state index contributed by atoms with van der Waals surface area (Å²) in [6.45, 7) is 2.14. The summed E-state index contributed by atoms with van der Waals surface area (Å²) in [7, 11) is 1.29. The van der Waals surface area contributed by atoms with Crippen molar-refractivity contribution in [2.45, 2.75) is 44.6 Å². The normalized spacial score (nSPS) is 34.7. The van der Waals surface area contributed by atoms with Crippen molar-refractivity contribution in [2.75, 3.05) is 13.7 Å². The van der Waals surface area contributed by atoms with E-state index in [-0.39, 0.29) is 6.61 Å². The minimum Gasteiger partial charge on any atom is -0.463 e.